The van der Waals surface area contributed by atoms with Gasteiger partial charge in [-0.2, -0.15) is 0 Å². The monoisotopic (exact) mass is 454 g/mol. The van der Waals surface area contributed by atoms with Crippen LogP contribution in [0.3, 0.4) is 0 Å². The summed E-state index contributed by atoms with van der Waals surface area (Å²) in [6.45, 7) is 4.22. The second-order valence-corrected chi connectivity index (χ2v) is 8.59. The SMILES string of the molecule is CC.O=C1COc2ccc(CNC(=O)c3nc4sc5c(c4c(=O)[nH]3)CCCCC5)cc2N1. The lowest BCUT2D eigenvalue weighted by atomic mass is 10.1. The number of nitrogens with zero attached hydrogens (tertiary/aromatic N) is 1. The lowest BCUT2D eigenvalue weighted by Crippen LogP contribution is -2.28. The molecule has 9 heteroatoms. The molecule has 0 atom stereocenters. The first-order valence-corrected chi connectivity index (χ1v) is 11.8. The van der Waals surface area contributed by atoms with Gasteiger partial charge < -0.3 is 20.4 Å². The molecule has 0 spiro atoms. The summed E-state index contributed by atoms with van der Waals surface area (Å²) in [7, 11) is 0. The quantitative estimate of drug-likeness (QED) is 0.524. The van der Waals surface area contributed by atoms with Gasteiger partial charge in [0.1, 0.15) is 10.6 Å². The van der Waals surface area contributed by atoms with E-state index in [1.54, 1.807) is 12.1 Å². The van der Waals surface area contributed by atoms with Gasteiger partial charge in [0.2, 0.25) is 5.82 Å². The predicted molar refractivity (Wildman–Crippen MR) is 125 cm³/mol. The summed E-state index contributed by atoms with van der Waals surface area (Å²) < 4.78 is 5.33. The molecule has 2 aliphatic rings. The van der Waals surface area contributed by atoms with E-state index in [0.717, 1.165) is 36.8 Å². The number of aromatic amines is 1. The van der Waals surface area contributed by atoms with Crippen molar-refractivity contribution in [3.05, 3.63) is 50.4 Å². The normalized spacial score (nSPS) is 14.8. The number of rotatable bonds is 3. The van der Waals surface area contributed by atoms with E-state index in [2.05, 4.69) is 20.6 Å². The third-order valence-electron chi connectivity index (χ3n) is 5.42. The minimum atomic E-state index is -0.449. The zero-order valence-corrected chi connectivity index (χ0v) is 19.0. The summed E-state index contributed by atoms with van der Waals surface area (Å²) >= 11 is 1.52. The van der Waals surface area contributed by atoms with Crippen molar-refractivity contribution in [1.29, 1.82) is 0 Å². The van der Waals surface area contributed by atoms with Crippen molar-refractivity contribution in [2.24, 2.45) is 0 Å². The maximum atomic E-state index is 12.7. The van der Waals surface area contributed by atoms with Gasteiger partial charge in [0, 0.05) is 11.4 Å². The molecule has 0 radical (unpaired) electrons. The fraction of sp³-hybridized carbons (Fsp3) is 0.391. The van der Waals surface area contributed by atoms with E-state index in [-0.39, 0.29) is 30.4 Å². The third kappa shape index (κ3) is 4.38. The van der Waals surface area contributed by atoms with Crippen LogP contribution in [0.25, 0.3) is 10.2 Å². The Bertz CT molecular complexity index is 1230. The van der Waals surface area contributed by atoms with E-state index in [9.17, 15) is 14.4 Å². The fourth-order valence-electron chi connectivity index (χ4n) is 3.95. The molecule has 5 rings (SSSR count). The van der Waals surface area contributed by atoms with Gasteiger partial charge in [-0.25, -0.2) is 4.98 Å². The topological polar surface area (TPSA) is 113 Å². The number of fused-ring (bicyclic) bond motifs is 4. The Morgan fingerprint density at radius 2 is 2.00 bits per heavy atom. The smallest absolute Gasteiger partial charge is 0.287 e. The van der Waals surface area contributed by atoms with Crippen molar-refractivity contribution in [2.45, 2.75) is 52.5 Å². The molecule has 0 fully saturated rings. The van der Waals surface area contributed by atoms with Gasteiger partial charge in [-0.3, -0.25) is 14.4 Å². The number of hydrogen-bond acceptors (Lipinski definition) is 6. The Hall–Kier alpha value is -3.20. The highest BCUT2D eigenvalue weighted by molar-refractivity contribution is 7.18. The van der Waals surface area contributed by atoms with Gasteiger partial charge in [0.25, 0.3) is 17.4 Å². The predicted octanol–water partition coefficient (Wildman–Crippen LogP) is 3.54. The highest BCUT2D eigenvalue weighted by atomic mass is 32.1. The third-order valence-corrected chi connectivity index (χ3v) is 6.61. The van der Waals surface area contributed by atoms with Crippen molar-refractivity contribution < 1.29 is 14.3 Å². The fourth-order valence-corrected chi connectivity index (χ4v) is 5.22. The summed E-state index contributed by atoms with van der Waals surface area (Å²) in [4.78, 5) is 45.7. The first-order valence-electron chi connectivity index (χ1n) is 11.0. The van der Waals surface area contributed by atoms with E-state index in [4.69, 9.17) is 4.74 Å². The Morgan fingerprint density at radius 1 is 1.19 bits per heavy atom. The zero-order chi connectivity index (χ0) is 22.7. The number of anilines is 1. The summed E-state index contributed by atoms with van der Waals surface area (Å²) in [5, 5.41) is 6.15. The molecule has 8 nitrogen and oxygen atoms in total. The first-order chi connectivity index (χ1) is 15.6. The van der Waals surface area contributed by atoms with Crippen LogP contribution >= 0.6 is 11.3 Å². The van der Waals surface area contributed by atoms with Crippen LogP contribution in [0.2, 0.25) is 0 Å². The van der Waals surface area contributed by atoms with E-state index in [1.807, 2.05) is 19.9 Å². The summed E-state index contributed by atoms with van der Waals surface area (Å²) in [5.41, 5.74) is 2.22. The molecule has 2 aromatic heterocycles. The van der Waals surface area contributed by atoms with E-state index < -0.39 is 5.91 Å². The number of carbonyl (C=O) groups is 2. The average Bonchev–Trinajstić information content (AvgIpc) is 3.00. The summed E-state index contributed by atoms with van der Waals surface area (Å²) in [5.74, 6) is -0.0548. The summed E-state index contributed by atoms with van der Waals surface area (Å²) in [6, 6.07) is 5.32. The number of carbonyl (C=O) groups excluding carboxylic acids is 2. The molecule has 0 saturated heterocycles. The maximum Gasteiger partial charge on any atom is 0.287 e. The van der Waals surface area contributed by atoms with Crippen molar-refractivity contribution in [1.82, 2.24) is 15.3 Å². The number of H-pyrrole nitrogens is 1. The molecule has 0 unspecified atom stereocenters. The minimum Gasteiger partial charge on any atom is -0.482 e. The number of ether oxygens (including phenoxy) is 1. The maximum absolute atomic E-state index is 12.7. The van der Waals surface area contributed by atoms with Gasteiger partial charge in [0.05, 0.1) is 11.1 Å². The van der Waals surface area contributed by atoms with Crippen LogP contribution in [0, 0.1) is 0 Å². The molecule has 3 heterocycles. The van der Waals surface area contributed by atoms with Gasteiger partial charge in [-0.1, -0.05) is 26.3 Å². The number of benzene rings is 1. The number of thiophene rings is 1. The zero-order valence-electron chi connectivity index (χ0n) is 18.2. The lowest BCUT2D eigenvalue weighted by Gasteiger charge is -2.18. The molecule has 3 aromatic rings. The molecular weight excluding hydrogens is 428 g/mol. The van der Waals surface area contributed by atoms with E-state index in [1.165, 1.54) is 22.6 Å². The minimum absolute atomic E-state index is 0.00323. The Morgan fingerprint density at radius 3 is 2.84 bits per heavy atom. The number of nitrogens with one attached hydrogen (secondary N) is 3. The van der Waals surface area contributed by atoms with E-state index in [0.29, 0.717) is 21.7 Å². The van der Waals surface area contributed by atoms with Crippen molar-refractivity contribution in [3.8, 4) is 5.75 Å². The van der Waals surface area contributed by atoms with Crippen LogP contribution in [0.1, 0.15) is 59.7 Å². The van der Waals surface area contributed by atoms with Crippen LogP contribution < -0.4 is 20.9 Å². The van der Waals surface area contributed by atoms with Gasteiger partial charge >= 0.3 is 0 Å². The second kappa shape index (κ2) is 9.52. The van der Waals surface area contributed by atoms with Crippen molar-refractivity contribution >= 4 is 39.1 Å². The Labute approximate surface area is 189 Å². The molecule has 1 aliphatic carbocycles. The van der Waals surface area contributed by atoms with E-state index >= 15 is 0 Å². The van der Waals surface area contributed by atoms with Gasteiger partial charge in [0.15, 0.2) is 6.61 Å². The molecule has 0 bridgehead atoms. The van der Waals surface area contributed by atoms with Gasteiger partial charge in [-0.15, -0.1) is 11.3 Å². The van der Waals surface area contributed by atoms with Crippen LogP contribution in [0.15, 0.2) is 23.0 Å². The Balaban J connectivity index is 0.00000119. The van der Waals surface area contributed by atoms with Crippen LogP contribution in [-0.2, 0) is 24.2 Å². The number of aryl methyl sites for hydroxylation is 2. The Kier molecular flexibility index (Phi) is 6.55. The molecule has 1 aromatic carbocycles. The average molecular weight is 455 g/mol. The van der Waals surface area contributed by atoms with Crippen molar-refractivity contribution in [2.75, 3.05) is 11.9 Å². The van der Waals surface area contributed by atoms with Crippen LogP contribution in [-0.4, -0.2) is 28.4 Å². The molecule has 3 N–H and O–H groups in total. The highest BCUT2D eigenvalue weighted by Crippen LogP contribution is 2.33. The molecule has 0 saturated carbocycles. The molecule has 32 heavy (non-hydrogen) atoms. The number of hydrogen-bond donors (Lipinski definition) is 3. The van der Waals surface area contributed by atoms with Crippen LogP contribution in [0.4, 0.5) is 5.69 Å². The second-order valence-electron chi connectivity index (χ2n) is 7.51. The van der Waals surface area contributed by atoms with Crippen molar-refractivity contribution in [3.63, 3.8) is 0 Å². The largest absolute Gasteiger partial charge is 0.482 e. The summed E-state index contributed by atoms with van der Waals surface area (Å²) in [6.07, 6.45) is 5.23. The highest BCUT2D eigenvalue weighted by Gasteiger charge is 2.21. The first kappa shape index (κ1) is 22.0. The number of amides is 2. The standard InChI is InChI=1S/C21H20N4O4S.C2H6/c26-16-10-29-14-7-6-11(8-13(14)23-16)9-22-20(28)18-24-19(27)17-12-4-2-1-3-5-15(12)30-21(17)25-18;1-2/h6-8H,1-5,9-10H2,(H,22,28)(H,23,26)(H,24,25,27);1-2H3. The molecular formula is C23H26N4O4S. The van der Waals surface area contributed by atoms with Gasteiger partial charge in [-0.05, 0) is 48.9 Å². The molecule has 168 valence electrons. The molecule has 1 aliphatic heterocycles. The number of aromatic nitrogens is 2. The lowest BCUT2D eigenvalue weighted by molar-refractivity contribution is -0.118. The van der Waals surface area contributed by atoms with Crippen LogP contribution in [0.5, 0.6) is 5.75 Å². The molecule has 2 amide bonds.